The summed E-state index contributed by atoms with van der Waals surface area (Å²) in [4.78, 5) is 24.9. The molecule has 1 aromatic rings. The molecule has 0 unspecified atom stereocenters. The number of hydrogen-bond acceptors (Lipinski definition) is 4. The highest BCUT2D eigenvalue weighted by Crippen LogP contribution is 2.49. The molecule has 1 saturated heterocycles. The Morgan fingerprint density at radius 3 is 2.00 bits per heavy atom. The van der Waals surface area contributed by atoms with Gasteiger partial charge in [-0.05, 0) is 80.5 Å². The number of piperidine rings is 1. The molecule has 0 spiro atoms. The Hall–Kier alpha value is -1.93. The molecule has 3 saturated carbocycles. The minimum atomic E-state index is -3.54. The second-order valence-corrected chi connectivity index (χ2v) is 11.1. The minimum absolute atomic E-state index is 0.0723. The molecule has 30 heavy (non-hydrogen) atoms. The number of rotatable bonds is 5. The maximum absolute atomic E-state index is 12.9. The quantitative estimate of drug-likeness (QED) is 0.741. The summed E-state index contributed by atoms with van der Waals surface area (Å²) in [6.07, 6.45) is 5.29. The number of aliphatic carboxylic acids is 1. The fraction of sp³-hybridized carbons (Fsp3) is 0.636. The summed E-state index contributed by atoms with van der Waals surface area (Å²) >= 11 is 0. The number of carboxylic acids is 1. The number of carboxylic acid groups (broad SMARTS) is 1. The maximum Gasteiger partial charge on any atom is 0.307 e. The summed E-state index contributed by atoms with van der Waals surface area (Å²) in [6.45, 7) is 3.19. The lowest BCUT2D eigenvalue weighted by molar-refractivity contribution is -0.156. The molecule has 1 heterocycles. The van der Waals surface area contributed by atoms with Crippen LogP contribution < -0.4 is 5.32 Å². The summed E-state index contributed by atoms with van der Waals surface area (Å²) < 4.78 is 27.2. The third-order valence-electron chi connectivity index (χ3n) is 7.31. The zero-order chi connectivity index (χ0) is 21.5. The lowest BCUT2D eigenvalue weighted by Crippen LogP contribution is -2.49. The number of anilines is 1. The first-order valence-electron chi connectivity index (χ1n) is 10.9. The Morgan fingerprint density at radius 1 is 0.933 bits per heavy atom. The molecular formula is C22H30N2O5S. The van der Waals surface area contributed by atoms with E-state index >= 15 is 0 Å². The van der Waals surface area contributed by atoms with E-state index in [0.29, 0.717) is 24.7 Å². The Bertz CT molecular complexity index is 898. The van der Waals surface area contributed by atoms with E-state index in [-0.39, 0.29) is 22.6 Å². The van der Waals surface area contributed by atoms with Gasteiger partial charge in [0, 0.05) is 18.8 Å². The molecule has 4 fully saturated rings. The van der Waals surface area contributed by atoms with Crippen molar-refractivity contribution in [2.75, 3.05) is 18.4 Å². The van der Waals surface area contributed by atoms with E-state index in [1.54, 1.807) is 12.1 Å². The van der Waals surface area contributed by atoms with Crippen LogP contribution in [0, 0.1) is 29.6 Å². The predicted octanol–water partition coefficient (Wildman–Crippen LogP) is 3.18. The number of amides is 1. The van der Waals surface area contributed by atoms with Gasteiger partial charge in [-0.2, -0.15) is 4.31 Å². The van der Waals surface area contributed by atoms with Crippen LogP contribution in [0.25, 0.3) is 0 Å². The van der Waals surface area contributed by atoms with E-state index in [0.717, 1.165) is 38.5 Å². The van der Waals surface area contributed by atoms with Crippen molar-refractivity contribution in [1.29, 1.82) is 0 Å². The molecule has 2 N–H and O–H groups in total. The molecule has 2 atom stereocenters. The van der Waals surface area contributed by atoms with Crippen LogP contribution in [0.15, 0.2) is 29.2 Å². The largest absolute Gasteiger partial charge is 0.481 e. The van der Waals surface area contributed by atoms with Crippen LogP contribution in [-0.4, -0.2) is 42.8 Å². The van der Waals surface area contributed by atoms with Crippen molar-refractivity contribution >= 4 is 27.6 Å². The Morgan fingerprint density at radius 2 is 1.47 bits per heavy atom. The Balaban J connectivity index is 1.46. The molecule has 1 aliphatic heterocycles. The van der Waals surface area contributed by atoms with Crippen LogP contribution in [0.4, 0.5) is 5.69 Å². The molecule has 7 nitrogen and oxygen atoms in total. The van der Waals surface area contributed by atoms with Gasteiger partial charge in [-0.3, -0.25) is 9.59 Å². The van der Waals surface area contributed by atoms with E-state index in [9.17, 15) is 23.1 Å². The number of carbonyl (C=O) groups is 2. The van der Waals surface area contributed by atoms with Crippen molar-refractivity contribution < 1.29 is 23.1 Å². The molecule has 8 heteroatoms. The zero-order valence-corrected chi connectivity index (χ0v) is 18.1. The van der Waals surface area contributed by atoms with E-state index in [2.05, 4.69) is 12.2 Å². The standard InChI is InChI=1S/C22H30N2O5S/c1-14-10-12-24(13-11-14)30(28,29)18-8-6-17(7-9-18)23-21(25)19-15-2-4-16(5-3-15)20(19)22(26)27/h6-9,14-16,19-20H,2-5,10-13H2,1H3,(H,23,25)(H,26,27)/t15?,16?,19-,20-/m1/s1. The van der Waals surface area contributed by atoms with E-state index in [1.165, 1.54) is 16.4 Å². The van der Waals surface area contributed by atoms with Gasteiger partial charge in [0.05, 0.1) is 16.7 Å². The summed E-state index contributed by atoms with van der Waals surface area (Å²) in [6, 6.07) is 6.22. The summed E-state index contributed by atoms with van der Waals surface area (Å²) in [5.41, 5.74) is 0.497. The predicted molar refractivity (Wildman–Crippen MR) is 112 cm³/mol. The van der Waals surface area contributed by atoms with Crippen LogP contribution in [0.5, 0.6) is 0 Å². The van der Waals surface area contributed by atoms with Gasteiger partial charge in [0.1, 0.15) is 0 Å². The Labute approximate surface area is 177 Å². The van der Waals surface area contributed by atoms with Crippen molar-refractivity contribution in [2.24, 2.45) is 29.6 Å². The number of carbonyl (C=O) groups excluding carboxylic acids is 1. The number of sulfonamides is 1. The number of hydrogen-bond donors (Lipinski definition) is 2. The van der Waals surface area contributed by atoms with Gasteiger partial charge in [-0.1, -0.05) is 6.92 Å². The average molecular weight is 435 g/mol. The van der Waals surface area contributed by atoms with Gasteiger partial charge in [0.2, 0.25) is 15.9 Å². The van der Waals surface area contributed by atoms with Crippen molar-refractivity contribution in [3.63, 3.8) is 0 Å². The van der Waals surface area contributed by atoms with Gasteiger partial charge in [-0.15, -0.1) is 0 Å². The van der Waals surface area contributed by atoms with Gasteiger partial charge in [0.25, 0.3) is 0 Å². The minimum Gasteiger partial charge on any atom is -0.481 e. The van der Waals surface area contributed by atoms with Crippen LogP contribution >= 0.6 is 0 Å². The van der Waals surface area contributed by atoms with Crippen LogP contribution in [0.2, 0.25) is 0 Å². The SMILES string of the molecule is CC1CCN(S(=O)(=O)c2ccc(NC(=O)[C@@H]3C4CCC(CC4)[C@H]3C(=O)O)cc2)CC1. The number of nitrogens with one attached hydrogen (secondary N) is 1. The smallest absolute Gasteiger partial charge is 0.307 e. The maximum atomic E-state index is 12.9. The van der Waals surface area contributed by atoms with E-state index in [4.69, 9.17) is 0 Å². The number of nitrogens with zero attached hydrogens (tertiary/aromatic N) is 1. The first-order chi connectivity index (χ1) is 14.3. The highest BCUT2D eigenvalue weighted by atomic mass is 32.2. The highest BCUT2D eigenvalue weighted by molar-refractivity contribution is 7.89. The zero-order valence-electron chi connectivity index (χ0n) is 17.3. The first-order valence-corrected chi connectivity index (χ1v) is 12.3. The molecule has 1 amide bonds. The van der Waals surface area contributed by atoms with Crippen molar-refractivity contribution in [2.45, 2.75) is 50.3 Å². The molecule has 5 rings (SSSR count). The first kappa shape index (κ1) is 21.3. The molecule has 164 valence electrons. The number of fused-ring (bicyclic) bond motifs is 3. The number of benzene rings is 1. The molecule has 1 aromatic carbocycles. The molecule has 0 radical (unpaired) electrons. The summed E-state index contributed by atoms with van der Waals surface area (Å²) in [7, 11) is -3.54. The second-order valence-electron chi connectivity index (χ2n) is 9.16. The van der Waals surface area contributed by atoms with Crippen molar-refractivity contribution in [3.05, 3.63) is 24.3 Å². The van der Waals surface area contributed by atoms with E-state index in [1.807, 2.05) is 0 Å². The summed E-state index contributed by atoms with van der Waals surface area (Å²) in [5, 5.41) is 12.5. The normalized spacial score (nSPS) is 30.2. The molecular weight excluding hydrogens is 404 g/mol. The lowest BCUT2D eigenvalue weighted by Gasteiger charge is -2.45. The molecule has 2 bridgehead atoms. The molecule has 4 aliphatic rings. The van der Waals surface area contributed by atoms with Crippen molar-refractivity contribution in [1.82, 2.24) is 4.31 Å². The van der Waals surface area contributed by atoms with Gasteiger partial charge in [0.15, 0.2) is 0 Å². The summed E-state index contributed by atoms with van der Waals surface area (Å²) in [5.74, 6) is -1.58. The third kappa shape index (κ3) is 3.99. The molecule has 3 aliphatic carbocycles. The van der Waals surface area contributed by atoms with E-state index < -0.39 is 27.8 Å². The monoisotopic (exact) mass is 434 g/mol. The second kappa shape index (κ2) is 8.30. The van der Waals surface area contributed by atoms with Gasteiger partial charge >= 0.3 is 5.97 Å². The van der Waals surface area contributed by atoms with Gasteiger partial charge < -0.3 is 10.4 Å². The topological polar surface area (TPSA) is 104 Å². The van der Waals surface area contributed by atoms with Crippen LogP contribution in [0.3, 0.4) is 0 Å². The Kier molecular flexibility index (Phi) is 5.90. The average Bonchev–Trinajstić information content (AvgIpc) is 2.74. The van der Waals surface area contributed by atoms with Crippen LogP contribution in [0.1, 0.15) is 45.4 Å². The van der Waals surface area contributed by atoms with Crippen LogP contribution in [-0.2, 0) is 19.6 Å². The third-order valence-corrected chi connectivity index (χ3v) is 9.22. The lowest BCUT2D eigenvalue weighted by atomic mass is 9.58. The molecule has 0 aromatic heterocycles. The highest BCUT2D eigenvalue weighted by Gasteiger charge is 2.50. The fourth-order valence-electron chi connectivity index (χ4n) is 5.49. The van der Waals surface area contributed by atoms with Crippen molar-refractivity contribution in [3.8, 4) is 0 Å². The van der Waals surface area contributed by atoms with Gasteiger partial charge in [-0.25, -0.2) is 8.42 Å². The fourth-order valence-corrected chi connectivity index (χ4v) is 6.96.